The van der Waals surface area contributed by atoms with Crippen LogP contribution in [-0.4, -0.2) is 11.8 Å². The Morgan fingerprint density at radius 3 is 2.14 bits per heavy atom. The number of nitrogens with one attached hydrogen (secondary N) is 1. The van der Waals surface area contributed by atoms with Gasteiger partial charge < -0.3 is 4.74 Å². The highest BCUT2D eigenvalue weighted by Crippen LogP contribution is 2.13. The normalized spacial score (nSPS) is 24.6. The molecule has 3 heteroatoms. The van der Waals surface area contributed by atoms with Gasteiger partial charge in [0, 0.05) is 0 Å². The molecule has 1 saturated heterocycles. The predicted molar refractivity (Wildman–Crippen MR) is 23.7 cm³/mol. The van der Waals surface area contributed by atoms with Gasteiger partial charge in [-0.2, -0.15) is 0 Å². The van der Waals surface area contributed by atoms with Crippen LogP contribution >= 0.6 is 0 Å². The summed E-state index contributed by atoms with van der Waals surface area (Å²) >= 11 is 0. The maximum Gasteiger partial charge on any atom is 0.412 e. The molecular formula is C4H7NO2. The molecule has 0 aromatic carbocycles. The number of hydrogen-bond donors (Lipinski definition) is 1. The minimum absolute atomic E-state index is 0.329. The molecule has 1 aliphatic heterocycles. The molecule has 1 heterocycles. The Hall–Kier alpha value is -0.730. The van der Waals surface area contributed by atoms with Crippen molar-refractivity contribution in [2.24, 2.45) is 0 Å². The molecule has 0 unspecified atom stereocenters. The van der Waals surface area contributed by atoms with Gasteiger partial charge in [0.25, 0.3) is 0 Å². The molecule has 1 N–H and O–H groups in total. The van der Waals surface area contributed by atoms with Crippen molar-refractivity contribution in [1.29, 1.82) is 0 Å². The largest absolute Gasteiger partial charge is 0.423 e. The number of cyclic esters (lactones) is 1. The Kier molecular flexibility index (Phi) is 0.576. The van der Waals surface area contributed by atoms with Crippen LogP contribution in [0.15, 0.2) is 0 Å². The lowest BCUT2D eigenvalue weighted by molar-refractivity contribution is -0.0521. The molecule has 0 aromatic rings. The van der Waals surface area contributed by atoms with Crippen LogP contribution in [0.5, 0.6) is 0 Å². The Morgan fingerprint density at radius 1 is 1.71 bits per heavy atom. The molecule has 40 valence electrons. The summed E-state index contributed by atoms with van der Waals surface area (Å²) in [6.07, 6.45) is -0.329. The molecule has 1 rings (SSSR count). The fraction of sp³-hybridized carbons (Fsp3) is 0.750. The van der Waals surface area contributed by atoms with Crippen LogP contribution in [-0.2, 0) is 4.74 Å². The lowest BCUT2D eigenvalue weighted by Crippen LogP contribution is -2.58. The smallest absolute Gasteiger partial charge is 0.412 e. The summed E-state index contributed by atoms with van der Waals surface area (Å²) in [6, 6.07) is 0. The standard InChI is InChI=1S/C4H7NO2/c1-4(2)5-3(6)7-4/h1-2H3,(H,5,6). The van der Waals surface area contributed by atoms with Crippen molar-refractivity contribution >= 4 is 6.09 Å². The number of ether oxygens (including phenoxy) is 1. The molecule has 0 bridgehead atoms. The van der Waals surface area contributed by atoms with E-state index in [0.29, 0.717) is 0 Å². The molecule has 1 aliphatic rings. The van der Waals surface area contributed by atoms with Crippen LogP contribution in [0.1, 0.15) is 13.8 Å². The van der Waals surface area contributed by atoms with Gasteiger partial charge in [-0.15, -0.1) is 0 Å². The van der Waals surface area contributed by atoms with Crippen molar-refractivity contribution < 1.29 is 9.53 Å². The van der Waals surface area contributed by atoms with Gasteiger partial charge in [0.05, 0.1) is 0 Å². The Balaban J connectivity index is 2.43. The highest BCUT2D eigenvalue weighted by atomic mass is 16.6. The first kappa shape index (κ1) is 4.43. The van der Waals surface area contributed by atoms with Gasteiger partial charge in [-0.3, -0.25) is 5.32 Å². The van der Waals surface area contributed by atoms with E-state index < -0.39 is 5.72 Å². The third-order valence-corrected chi connectivity index (χ3v) is 0.751. The lowest BCUT2D eigenvalue weighted by atomic mass is 10.3. The highest BCUT2D eigenvalue weighted by molar-refractivity contribution is 5.73. The van der Waals surface area contributed by atoms with Gasteiger partial charge in [-0.25, -0.2) is 4.79 Å². The second-order valence-corrected chi connectivity index (χ2v) is 2.02. The van der Waals surface area contributed by atoms with E-state index in [0.717, 1.165) is 0 Å². The Bertz CT molecular complexity index is 98.3. The third kappa shape index (κ3) is 0.656. The zero-order chi connectivity index (χ0) is 5.49. The average molecular weight is 101 g/mol. The Labute approximate surface area is 41.7 Å². The SMILES string of the molecule is CC1(C)NC(=O)O1. The first-order valence-corrected chi connectivity index (χ1v) is 2.11. The minimum atomic E-state index is -0.406. The van der Waals surface area contributed by atoms with Gasteiger partial charge in [-0.05, 0) is 13.8 Å². The molecule has 0 aromatic heterocycles. The van der Waals surface area contributed by atoms with Crippen LogP contribution in [0, 0.1) is 0 Å². The van der Waals surface area contributed by atoms with Gasteiger partial charge in [0.1, 0.15) is 0 Å². The summed E-state index contributed by atoms with van der Waals surface area (Å²) in [5, 5.41) is 2.52. The van der Waals surface area contributed by atoms with E-state index in [1.54, 1.807) is 13.8 Å². The van der Waals surface area contributed by atoms with E-state index in [1.165, 1.54) is 0 Å². The zero-order valence-corrected chi connectivity index (χ0v) is 4.32. The molecule has 0 atom stereocenters. The van der Waals surface area contributed by atoms with Gasteiger partial charge >= 0.3 is 6.09 Å². The van der Waals surface area contributed by atoms with Crippen LogP contribution in [0.25, 0.3) is 0 Å². The molecule has 0 spiro atoms. The fourth-order valence-corrected chi connectivity index (χ4v) is 0.482. The molecule has 0 saturated carbocycles. The molecule has 1 amide bonds. The lowest BCUT2D eigenvalue weighted by Gasteiger charge is -2.34. The van der Waals surface area contributed by atoms with E-state index in [-0.39, 0.29) is 6.09 Å². The van der Waals surface area contributed by atoms with Crippen molar-refractivity contribution in [3.05, 3.63) is 0 Å². The second kappa shape index (κ2) is 0.911. The quantitative estimate of drug-likeness (QED) is 0.481. The molecule has 7 heavy (non-hydrogen) atoms. The van der Waals surface area contributed by atoms with Crippen molar-refractivity contribution in [2.45, 2.75) is 19.6 Å². The van der Waals surface area contributed by atoms with Crippen molar-refractivity contribution in [2.75, 3.05) is 0 Å². The molecular weight excluding hydrogens is 94.0 g/mol. The average Bonchev–Trinajstić information content (AvgIpc) is 1.27. The maximum absolute atomic E-state index is 9.98. The zero-order valence-electron chi connectivity index (χ0n) is 4.32. The van der Waals surface area contributed by atoms with Crippen molar-refractivity contribution in [3.8, 4) is 0 Å². The maximum atomic E-state index is 9.98. The molecule has 0 aliphatic carbocycles. The minimum Gasteiger partial charge on any atom is -0.423 e. The summed E-state index contributed by atoms with van der Waals surface area (Å²) < 4.78 is 4.58. The predicted octanol–water partition coefficient (Wildman–Crippen LogP) is 0.462. The van der Waals surface area contributed by atoms with Crippen molar-refractivity contribution in [3.63, 3.8) is 0 Å². The molecule has 3 nitrogen and oxygen atoms in total. The van der Waals surface area contributed by atoms with Gasteiger partial charge in [0.15, 0.2) is 5.72 Å². The molecule has 0 radical (unpaired) electrons. The molecule has 1 fully saturated rings. The summed E-state index contributed by atoms with van der Waals surface area (Å²) in [4.78, 5) is 9.98. The number of rotatable bonds is 0. The topological polar surface area (TPSA) is 38.3 Å². The van der Waals surface area contributed by atoms with E-state index in [2.05, 4.69) is 10.1 Å². The van der Waals surface area contributed by atoms with Gasteiger partial charge in [-0.1, -0.05) is 0 Å². The van der Waals surface area contributed by atoms with Gasteiger partial charge in [0.2, 0.25) is 0 Å². The highest BCUT2D eigenvalue weighted by Gasteiger charge is 2.34. The van der Waals surface area contributed by atoms with Crippen LogP contribution in [0.2, 0.25) is 0 Å². The summed E-state index contributed by atoms with van der Waals surface area (Å²) in [5.41, 5.74) is -0.406. The monoisotopic (exact) mass is 101 g/mol. The third-order valence-electron chi connectivity index (χ3n) is 0.751. The number of carbonyl (C=O) groups is 1. The first-order valence-electron chi connectivity index (χ1n) is 2.11. The summed E-state index contributed by atoms with van der Waals surface area (Å²) in [7, 11) is 0. The van der Waals surface area contributed by atoms with Crippen molar-refractivity contribution in [1.82, 2.24) is 5.32 Å². The number of carbonyl (C=O) groups excluding carboxylic acids is 1. The van der Waals surface area contributed by atoms with E-state index in [4.69, 9.17) is 0 Å². The van der Waals surface area contributed by atoms with E-state index in [1.807, 2.05) is 0 Å². The summed E-state index contributed by atoms with van der Waals surface area (Å²) in [5.74, 6) is 0. The van der Waals surface area contributed by atoms with Crippen LogP contribution in [0.4, 0.5) is 4.79 Å². The number of amides is 1. The van der Waals surface area contributed by atoms with Crippen LogP contribution < -0.4 is 5.32 Å². The number of hydrogen-bond acceptors (Lipinski definition) is 2. The van der Waals surface area contributed by atoms with E-state index >= 15 is 0 Å². The summed E-state index contributed by atoms with van der Waals surface area (Å²) in [6.45, 7) is 3.57. The van der Waals surface area contributed by atoms with E-state index in [9.17, 15) is 4.79 Å². The first-order chi connectivity index (χ1) is 3.10. The van der Waals surface area contributed by atoms with Crippen LogP contribution in [0.3, 0.4) is 0 Å². The fourth-order valence-electron chi connectivity index (χ4n) is 0.482. The second-order valence-electron chi connectivity index (χ2n) is 2.02. The Morgan fingerprint density at radius 2 is 2.14 bits per heavy atom.